The van der Waals surface area contributed by atoms with Gasteiger partial charge in [-0.25, -0.2) is 9.18 Å². The Balaban J connectivity index is 2.03. The van der Waals surface area contributed by atoms with Crippen LogP contribution in [0.1, 0.15) is 31.9 Å². The lowest BCUT2D eigenvalue weighted by molar-refractivity contribution is -0.0156. The lowest BCUT2D eigenvalue weighted by Gasteiger charge is -2.33. The molecule has 0 saturated carbocycles. The Hall–Kier alpha value is -1.04. The highest BCUT2D eigenvalue weighted by molar-refractivity contribution is 6.35. The molecule has 1 heterocycles. The zero-order valence-electron chi connectivity index (χ0n) is 12.5. The van der Waals surface area contributed by atoms with Gasteiger partial charge in [-0.2, -0.15) is 0 Å². The third kappa shape index (κ3) is 4.03. The lowest BCUT2D eigenvalue weighted by Crippen LogP contribution is -2.49. The molecule has 1 aromatic rings. The molecule has 7 heteroatoms. The molecule has 0 radical (unpaired) electrons. The van der Waals surface area contributed by atoms with Crippen molar-refractivity contribution in [2.45, 2.75) is 32.4 Å². The summed E-state index contributed by atoms with van der Waals surface area (Å²) in [4.78, 5) is 14.0. The molecule has 0 spiro atoms. The molecule has 0 aromatic heterocycles. The van der Waals surface area contributed by atoms with E-state index in [1.54, 1.807) is 11.8 Å². The number of nitrogens with zero attached hydrogens (tertiary/aromatic N) is 1. The van der Waals surface area contributed by atoms with E-state index in [-0.39, 0.29) is 17.2 Å². The molecule has 2 unspecified atom stereocenters. The number of carbonyl (C=O) groups is 1. The van der Waals surface area contributed by atoms with Crippen molar-refractivity contribution in [1.29, 1.82) is 0 Å². The number of nitrogens with one attached hydrogen (secondary N) is 1. The summed E-state index contributed by atoms with van der Waals surface area (Å²) in [5.41, 5.74) is 0.497. The molecule has 0 aliphatic carbocycles. The van der Waals surface area contributed by atoms with E-state index < -0.39 is 11.9 Å². The zero-order chi connectivity index (χ0) is 16.3. The molecule has 2 atom stereocenters. The Labute approximate surface area is 139 Å². The number of hydrogen-bond acceptors (Lipinski definition) is 2. The van der Waals surface area contributed by atoms with Gasteiger partial charge < -0.3 is 15.0 Å². The molecular weight excluding hydrogens is 330 g/mol. The maximum atomic E-state index is 13.6. The summed E-state index contributed by atoms with van der Waals surface area (Å²) in [5, 5.41) is 3.13. The van der Waals surface area contributed by atoms with E-state index in [2.05, 4.69) is 5.32 Å². The molecule has 1 aliphatic heterocycles. The molecule has 1 fully saturated rings. The number of benzene rings is 1. The van der Waals surface area contributed by atoms with Crippen LogP contribution in [0.4, 0.5) is 9.18 Å². The van der Waals surface area contributed by atoms with Crippen LogP contribution in [0, 0.1) is 5.82 Å². The first kappa shape index (κ1) is 17.3. The van der Waals surface area contributed by atoms with Gasteiger partial charge in [0, 0.05) is 18.1 Å². The molecule has 2 amide bonds. The SMILES string of the molecule is CCC1CN(C(=O)NC(C)c2cc(F)c(Cl)cc2Cl)CCO1. The number of amides is 2. The summed E-state index contributed by atoms with van der Waals surface area (Å²) in [6, 6.07) is 1.97. The standard InChI is InChI=1S/C15H19Cl2FN2O2/c1-3-10-8-20(4-5-22-10)15(21)19-9(2)11-6-14(18)13(17)7-12(11)16/h6-7,9-10H,3-5,8H2,1-2H3,(H,19,21). The third-order valence-electron chi connectivity index (χ3n) is 3.73. The van der Waals surface area contributed by atoms with Gasteiger partial charge in [-0.1, -0.05) is 30.1 Å². The van der Waals surface area contributed by atoms with Crippen LogP contribution in [0.5, 0.6) is 0 Å². The number of urea groups is 1. The molecule has 1 aromatic carbocycles. The Kier molecular flexibility index (Phi) is 5.89. The monoisotopic (exact) mass is 348 g/mol. The number of morpholine rings is 1. The normalized spacial score (nSPS) is 19.9. The molecule has 1 saturated heterocycles. The molecule has 122 valence electrons. The summed E-state index contributed by atoms with van der Waals surface area (Å²) in [6.07, 6.45) is 0.916. The average molecular weight is 349 g/mol. The van der Waals surface area contributed by atoms with Crippen LogP contribution < -0.4 is 5.32 Å². The Bertz CT molecular complexity index is 557. The predicted octanol–water partition coefficient (Wildman–Crippen LogP) is 4.01. The minimum Gasteiger partial charge on any atom is -0.375 e. The maximum Gasteiger partial charge on any atom is 0.318 e. The first-order chi connectivity index (χ1) is 10.4. The van der Waals surface area contributed by atoms with Crippen LogP contribution in [0.2, 0.25) is 10.0 Å². The Morgan fingerprint density at radius 1 is 1.50 bits per heavy atom. The van der Waals surface area contributed by atoms with Crippen molar-refractivity contribution in [1.82, 2.24) is 10.2 Å². The van der Waals surface area contributed by atoms with Gasteiger partial charge >= 0.3 is 6.03 Å². The van der Waals surface area contributed by atoms with Crippen molar-refractivity contribution in [2.24, 2.45) is 0 Å². The highest BCUT2D eigenvalue weighted by Gasteiger charge is 2.24. The minimum absolute atomic E-state index is 0.0359. The lowest BCUT2D eigenvalue weighted by atomic mass is 10.1. The van der Waals surface area contributed by atoms with Gasteiger partial charge in [-0.3, -0.25) is 0 Å². The Morgan fingerprint density at radius 3 is 2.91 bits per heavy atom. The van der Waals surface area contributed by atoms with Crippen LogP contribution in [-0.4, -0.2) is 36.7 Å². The smallest absolute Gasteiger partial charge is 0.318 e. The van der Waals surface area contributed by atoms with Gasteiger partial charge in [0.1, 0.15) is 5.82 Å². The van der Waals surface area contributed by atoms with Crippen molar-refractivity contribution in [3.8, 4) is 0 Å². The fraction of sp³-hybridized carbons (Fsp3) is 0.533. The largest absolute Gasteiger partial charge is 0.375 e. The van der Waals surface area contributed by atoms with E-state index in [1.807, 2.05) is 6.92 Å². The highest BCUT2D eigenvalue weighted by atomic mass is 35.5. The van der Waals surface area contributed by atoms with Crippen molar-refractivity contribution < 1.29 is 13.9 Å². The van der Waals surface area contributed by atoms with Crippen LogP contribution in [0.25, 0.3) is 0 Å². The van der Waals surface area contributed by atoms with Crippen molar-refractivity contribution in [3.05, 3.63) is 33.6 Å². The number of rotatable bonds is 3. The van der Waals surface area contributed by atoms with Gasteiger partial charge in [0.05, 0.1) is 23.8 Å². The average Bonchev–Trinajstić information content (AvgIpc) is 2.50. The summed E-state index contributed by atoms with van der Waals surface area (Å²) in [6.45, 7) is 5.39. The number of ether oxygens (including phenoxy) is 1. The molecule has 1 aliphatic rings. The fourth-order valence-corrected chi connectivity index (χ4v) is 2.92. The van der Waals surface area contributed by atoms with Crippen LogP contribution in [-0.2, 0) is 4.74 Å². The van der Waals surface area contributed by atoms with Gasteiger partial charge in [0.25, 0.3) is 0 Å². The number of carbonyl (C=O) groups excluding carboxylic acids is 1. The van der Waals surface area contributed by atoms with Crippen LogP contribution in [0.15, 0.2) is 12.1 Å². The molecule has 4 nitrogen and oxygen atoms in total. The van der Waals surface area contributed by atoms with Crippen molar-refractivity contribution in [3.63, 3.8) is 0 Å². The highest BCUT2D eigenvalue weighted by Crippen LogP contribution is 2.28. The molecule has 0 bridgehead atoms. The quantitative estimate of drug-likeness (QED) is 0.838. The van der Waals surface area contributed by atoms with E-state index in [4.69, 9.17) is 27.9 Å². The summed E-state index contributed by atoms with van der Waals surface area (Å²) in [7, 11) is 0. The van der Waals surface area contributed by atoms with E-state index in [0.717, 1.165) is 6.42 Å². The van der Waals surface area contributed by atoms with Crippen molar-refractivity contribution >= 4 is 29.2 Å². The van der Waals surface area contributed by atoms with Gasteiger partial charge in [0.15, 0.2) is 0 Å². The number of hydrogen-bond donors (Lipinski definition) is 1. The second-order valence-electron chi connectivity index (χ2n) is 5.31. The zero-order valence-corrected chi connectivity index (χ0v) is 14.0. The number of halogens is 3. The van der Waals surface area contributed by atoms with E-state index in [1.165, 1.54) is 12.1 Å². The molecule has 1 N–H and O–H groups in total. The van der Waals surface area contributed by atoms with Gasteiger partial charge in [-0.05, 0) is 31.0 Å². The minimum atomic E-state index is -0.556. The maximum absolute atomic E-state index is 13.6. The van der Waals surface area contributed by atoms with Crippen molar-refractivity contribution in [2.75, 3.05) is 19.7 Å². The Morgan fingerprint density at radius 2 is 2.23 bits per heavy atom. The third-order valence-corrected chi connectivity index (χ3v) is 4.34. The summed E-state index contributed by atoms with van der Waals surface area (Å²) < 4.78 is 19.1. The first-order valence-electron chi connectivity index (χ1n) is 7.23. The summed E-state index contributed by atoms with van der Waals surface area (Å²) >= 11 is 11.8. The van der Waals surface area contributed by atoms with Crippen LogP contribution >= 0.6 is 23.2 Å². The van der Waals surface area contributed by atoms with Gasteiger partial charge in [-0.15, -0.1) is 0 Å². The van der Waals surface area contributed by atoms with E-state index in [9.17, 15) is 9.18 Å². The molecule has 2 rings (SSSR count). The summed E-state index contributed by atoms with van der Waals surface area (Å²) in [5.74, 6) is -0.556. The van der Waals surface area contributed by atoms with E-state index in [0.29, 0.717) is 30.3 Å². The fourth-order valence-electron chi connectivity index (χ4n) is 2.37. The topological polar surface area (TPSA) is 41.6 Å². The van der Waals surface area contributed by atoms with Crippen LogP contribution in [0.3, 0.4) is 0 Å². The second kappa shape index (κ2) is 7.49. The van der Waals surface area contributed by atoms with E-state index >= 15 is 0 Å². The first-order valence-corrected chi connectivity index (χ1v) is 7.99. The second-order valence-corrected chi connectivity index (χ2v) is 6.12. The van der Waals surface area contributed by atoms with Gasteiger partial charge in [0.2, 0.25) is 0 Å². The molecule has 22 heavy (non-hydrogen) atoms. The molecular formula is C15H19Cl2FN2O2. The predicted molar refractivity (Wildman–Crippen MR) is 85.0 cm³/mol.